The van der Waals surface area contributed by atoms with E-state index in [2.05, 4.69) is 14.7 Å². The predicted molar refractivity (Wildman–Crippen MR) is 81.1 cm³/mol. The van der Waals surface area contributed by atoms with E-state index in [0.29, 0.717) is 0 Å². The van der Waals surface area contributed by atoms with Crippen LogP contribution in [0.15, 0.2) is 36.7 Å². The molecule has 134 valence electrons. The Hall–Kier alpha value is -2.69. The normalized spacial score (nSPS) is 11.8. The Morgan fingerprint density at radius 2 is 1.92 bits per heavy atom. The molecular formula is C14H12F3N3O4S. The van der Waals surface area contributed by atoms with Crippen molar-refractivity contribution >= 4 is 21.8 Å². The van der Waals surface area contributed by atoms with Crippen molar-refractivity contribution in [2.24, 2.45) is 0 Å². The van der Waals surface area contributed by atoms with Crippen LogP contribution in [0.5, 0.6) is 0 Å². The number of rotatable bonds is 5. The molecule has 0 aliphatic carbocycles. The van der Waals surface area contributed by atoms with Gasteiger partial charge in [-0.1, -0.05) is 18.2 Å². The highest BCUT2D eigenvalue weighted by Crippen LogP contribution is 2.30. The van der Waals surface area contributed by atoms with Gasteiger partial charge in [0.25, 0.3) is 0 Å². The first-order valence-corrected chi connectivity index (χ1v) is 8.33. The summed E-state index contributed by atoms with van der Waals surface area (Å²) in [5.74, 6) is -2.03. The average Bonchev–Trinajstić information content (AvgIpc) is 2.53. The zero-order valence-corrected chi connectivity index (χ0v) is 13.6. The maximum absolute atomic E-state index is 12.7. The van der Waals surface area contributed by atoms with E-state index in [1.165, 1.54) is 6.07 Å². The number of alkyl halides is 3. The van der Waals surface area contributed by atoms with Crippen molar-refractivity contribution in [1.29, 1.82) is 0 Å². The van der Waals surface area contributed by atoms with Gasteiger partial charge in [-0.2, -0.15) is 13.2 Å². The summed E-state index contributed by atoms with van der Waals surface area (Å²) < 4.78 is 68.9. The molecule has 1 aromatic carbocycles. The van der Waals surface area contributed by atoms with Crippen LogP contribution in [0, 0.1) is 0 Å². The van der Waals surface area contributed by atoms with Gasteiger partial charge in [-0.25, -0.2) is 23.2 Å². The number of hydrogen-bond donors (Lipinski definition) is 1. The lowest BCUT2D eigenvalue weighted by atomic mass is 10.1. The van der Waals surface area contributed by atoms with Gasteiger partial charge in [-0.05, 0) is 11.6 Å². The van der Waals surface area contributed by atoms with E-state index >= 15 is 0 Å². The van der Waals surface area contributed by atoms with Crippen LogP contribution in [-0.4, -0.2) is 31.5 Å². The van der Waals surface area contributed by atoms with Crippen molar-refractivity contribution in [3.63, 3.8) is 0 Å². The van der Waals surface area contributed by atoms with E-state index in [4.69, 9.17) is 0 Å². The minimum Gasteiger partial charge on any atom is -0.464 e. The second-order valence-electron chi connectivity index (χ2n) is 4.80. The molecule has 0 saturated heterocycles. The fourth-order valence-electron chi connectivity index (χ4n) is 1.90. The Labute approximate surface area is 140 Å². The monoisotopic (exact) mass is 375 g/mol. The number of anilines is 1. The Kier molecular flexibility index (Phi) is 5.26. The van der Waals surface area contributed by atoms with Gasteiger partial charge in [0.05, 0.1) is 18.4 Å². The van der Waals surface area contributed by atoms with Crippen LogP contribution < -0.4 is 4.72 Å². The number of carbonyl (C=O) groups excluding carboxylic acids is 1. The summed E-state index contributed by atoms with van der Waals surface area (Å²) >= 11 is 0. The third-order valence-corrected chi connectivity index (χ3v) is 4.16. The van der Waals surface area contributed by atoms with Gasteiger partial charge in [-0.15, -0.1) is 0 Å². The van der Waals surface area contributed by atoms with Crippen LogP contribution >= 0.6 is 0 Å². The smallest absolute Gasteiger partial charge is 0.416 e. The molecule has 7 nitrogen and oxygen atoms in total. The third-order valence-electron chi connectivity index (χ3n) is 2.94. The van der Waals surface area contributed by atoms with Crippen molar-refractivity contribution < 1.29 is 31.1 Å². The first-order chi connectivity index (χ1) is 11.6. The zero-order valence-electron chi connectivity index (χ0n) is 12.7. The number of methoxy groups -OCH3 is 1. The second kappa shape index (κ2) is 7.05. The van der Waals surface area contributed by atoms with Crippen molar-refractivity contribution in [3.05, 3.63) is 53.5 Å². The molecule has 0 fully saturated rings. The fraction of sp³-hybridized carbons (Fsp3) is 0.214. The number of carbonyl (C=O) groups is 1. The Balaban J connectivity index is 2.26. The van der Waals surface area contributed by atoms with Gasteiger partial charge in [0.1, 0.15) is 0 Å². The number of halogens is 3. The van der Waals surface area contributed by atoms with Crippen LogP contribution in [0.4, 0.5) is 19.0 Å². The number of aromatic nitrogens is 2. The molecule has 1 aromatic heterocycles. The lowest BCUT2D eigenvalue weighted by Crippen LogP contribution is -2.19. The number of ether oxygens (including phenoxy) is 1. The number of esters is 1. The molecule has 0 spiro atoms. The third kappa shape index (κ3) is 4.89. The summed E-state index contributed by atoms with van der Waals surface area (Å²) in [6, 6.07) is 3.92. The molecular weight excluding hydrogens is 363 g/mol. The van der Waals surface area contributed by atoms with Crippen molar-refractivity contribution in [2.45, 2.75) is 11.9 Å². The van der Waals surface area contributed by atoms with Crippen LogP contribution in [0.25, 0.3) is 0 Å². The molecule has 0 atom stereocenters. The van der Waals surface area contributed by atoms with Gasteiger partial charge in [0.15, 0.2) is 11.5 Å². The molecule has 0 aliphatic rings. The van der Waals surface area contributed by atoms with Crippen molar-refractivity contribution in [2.75, 3.05) is 11.8 Å². The van der Waals surface area contributed by atoms with Gasteiger partial charge in [0.2, 0.25) is 10.0 Å². The van der Waals surface area contributed by atoms with Crippen molar-refractivity contribution in [3.8, 4) is 0 Å². The predicted octanol–water partition coefficient (Wildman–Crippen LogP) is 2.22. The maximum Gasteiger partial charge on any atom is 0.416 e. The molecule has 2 aromatic rings. The van der Waals surface area contributed by atoms with E-state index < -0.39 is 33.5 Å². The Morgan fingerprint density at radius 1 is 1.24 bits per heavy atom. The molecule has 2 rings (SSSR count). The van der Waals surface area contributed by atoms with E-state index in [1.807, 2.05) is 4.72 Å². The molecule has 0 amide bonds. The lowest BCUT2D eigenvalue weighted by molar-refractivity contribution is -0.137. The Bertz CT molecular complexity index is 885. The van der Waals surface area contributed by atoms with E-state index in [9.17, 15) is 26.4 Å². The Morgan fingerprint density at radius 3 is 2.56 bits per heavy atom. The number of nitrogens with one attached hydrogen (secondary N) is 1. The van der Waals surface area contributed by atoms with Gasteiger partial charge in [0, 0.05) is 12.4 Å². The highest BCUT2D eigenvalue weighted by Gasteiger charge is 2.30. The summed E-state index contributed by atoms with van der Waals surface area (Å²) in [4.78, 5) is 18.9. The van der Waals surface area contributed by atoms with Gasteiger partial charge < -0.3 is 4.74 Å². The van der Waals surface area contributed by atoms with Crippen LogP contribution in [-0.2, 0) is 26.7 Å². The summed E-state index contributed by atoms with van der Waals surface area (Å²) in [5, 5.41) is 0. The molecule has 0 bridgehead atoms. The quantitative estimate of drug-likeness (QED) is 0.805. The fourth-order valence-corrected chi connectivity index (χ4v) is 3.03. The van der Waals surface area contributed by atoms with Crippen LogP contribution in [0.2, 0.25) is 0 Å². The summed E-state index contributed by atoms with van der Waals surface area (Å²) in [7, 11) is -3.06. The van der Waals surface area contributed by atoms with Gasteiger partial charge >= 0.3 is 12.1 Å². The minimum atomic E-state index is -4.59. The SMILES string of the molecule is COC(=O)c1nccnc1NS(=O)(=O)Cc1cccc(C(F)(F)F)c1. The molecule has 0 aliphatic heterocycles. The highest BCUT2D eigenvalue weighted by molar-refractivity contribution is 7.91. The molecule has 1 N–H and O–H groups in total. The first kappa shape index (κ1) is 18.6. The maximum atomic E-state index is 12.7. The highest BCUT2D eigenvalue weighted by atomic mass is 32.2. The summed E-state index contributed by atoms with van der Waals surface area (Å²) in [6.07, 6.45) is -2.28. The van der Waals surface area contributed by atoms with Crippen LogP contribution in [0.1, 0.15) is 21.6 Å². The molecule has 1 heterocycles. The topological polar surface area (TPSA) is 98.2 Å². The standard InChI is InChI=1S/C14H12F3N3O4S/c1-24-13(21)11-12(19-6-5-18-11)20-25(22,23)8-9-3-2-4-10(7-9)14(15,16)17/h2-7H,8H2,1H3,(H,19,20). The van der Waals surface area contributed by atoms with E-state index in [1.54, 1.807) is 0 Å². The molecule has 11 heteroatoms. The molecule has 25 heavy (non-hydrogen) atoms. The van der Waals surface area contributed by atoms with E-state index in [0.717, 1.165) is 37.7 Å². The summed E-state index contributed by atoms with van der Waals surface area (Å²) in [5.41, 5.74) is -1.40. The number of sulfonamides is 1. The van der Waals surface area contributed by atoms with E-state index in [-0.39, 0.29) is 17.1 Å². The average molecular weight is 375 g/mol. The second-order valence-corrected chi connectivity index (χ2v) is 6.53. The molecule has 0 unspecified atom stereocenters. The number of benzene rings is 1. The van der Waals surface area contributed by atoms with Crippen molar-refractivity contribution in [1.82, 2.24) is 9.97 Å². The van der Waals surface area contributed by atoms with Crippen LogP contribution in [0.3, 0.4) is 0 Å². The largest absolute Gasteiger partial charge is 0.464 e. The zero-order chi connectivity index (χ0) is 18.7. The molecule has 0 radical (unpaired) electrons. The number of hydrogen-bond acceptors (Lipinski definition) is 6. The summed E-state index contributed by atoms with van der Waals surface area (Å²) in [6.45, 7) is 0. The minimum absolute atomic E-state index is 0.0779. The number of nitrogens with zero attached hydrogens (tertiary/aromatic N) is 2. The molecule has 0 saturated carbocycles. The first-order valence-electron chi connectivity index (χ1n) is 6.68. The lowest BCUT2D eigenvalue weighted by Gasteiger charge is -2.11. The van der Waals surface area contributed by atoms with Gasteiger partial charge in [-0.3, -0.25) is 4.72 Å².